The zero-order chi connectivity index (χ0) is 24.4. The molecule has 2 aromatic carbocycles. The van der Waals surface area contributed by atoms with Crippen molar-refractivity contribution in [3.63, 3.8) is 0 Å². The lowest BCUT2D eigenvalue weighted by molar-refractivity contribution is -0.111. The van der Waals surface area contributed by atoms with Crippen LogP contribution in [0.4, 0.5) is 26.0 Å². The SMILES string of the molecule is C=CC(=O)Nc1cc2c(Nc3ccc(F)c(Cl)c3)ncnc2cc1OCC1CC(C)N(C)C1F. The predicted octanol–water partition coefficient (Wildman–Crippen LogP) is 5.31. The van der Waals surface area contributed by atoms with E-state index in [0.29, 0.717) is 40.3 Å². The maximum atomic E-state index is 14.6. The molecule has 2 heterocycles. The highest BCUT2D eigenvalue weighted by Gasteiger charge is 2.37. The summed E-state index contributed by atoms with van der Waals surface area (Å²) >= 11 is 5.88. The van der Waals surface area contributed by atoms with Crippen LogP contribution >= 0.6 is 11.6 Å². The Bertz CT molecular complexity index is 1240. The van der Waals surface area contributed by atoms with Crippen LogP contribution in [0.5, 0.6) is 5.75 Å². The van der Waals surface area contributed by atoms with Gasteiger partial charge in [-0.3, -0.25) is 9.69 Å². The van der Waals surface area contributed by atoms with Crippen LogP contribution in [-0.4, -0.2) is 46.8 Å². The Balaban J connectivity index is 1.67. The Morgan fingerprint density at radius 3 is 2.82 bits per heavy atom. The fourth-order valence-corrected chi connectivity index (χ4v) is 4.11. The number of nitrogens with one attached hydrogen (secondary N) is 2. The molecular formula is C24H24ClF2N5O2. The van der Waals surface area contributed by atoms with E-state index in [2.05, 4.69) is 27.2 Å². The Morgan fingerprint density at radius 1 is 1.35 bits per heavy atom. The van der Waals surface area contributed by atoms with Crippen LogP contribution in [0.3, 0.4) is 0 Å². The highest BCUT2D eigenvalue weighted by molar-refractivity contribution is 6.31. The van der Waals surface area contributed by atoms with Gasteiger partial charge in [0.1, 0.15) is 23.7 Å². The number of rotatable bonds is 7. The van der Waals surface area contributed by atoms with Gasteiger partial charge in [0.05, 0.1) is 22.8 Å². The molecule has 3 unspecified atom stereocenters. The number of ether oxygens (including phenoxy) is 1. The molecule has 0 radical (unpaired) electrons. The van der Waals surface area contributed by atoms with Gasteiger partial charge in [-0.25, -0.2) is 18.7 Å². The number of anilines is 3. The first-order valence-corrected chi connectivity index (χ1v) is 11.1. The molecule has 178 valence electrons. The lowest BCUT2D eigenvalue weighted by Crippen LogP contribution is -2.30. The van der Waals surface area contributed by atoms with Crippen molar-refractivity contribution < 1.29 is 18.3 Å². The summed E-state index contributed by atoms with van der Waals surface area (Å²) < 4.78 is 34.1. The van der Waals surface area contributed by atoms with Gasteiger partial charge >= 0.3 is 0 Å². The molecule has 4 rings (SSSR count). The van der Waals surface area contributed by atoms with Crippen LogP contribution in [-0.2, 0) is 4.79 Å². The van der Waals surface area contributed by atoms with Crippen molar-refractivity contribution in [2.75, 3.05) is 24.3 Å². The lowest BCUT2D eigenvalue weighted by atomic mass is 10.1. The van der Waals surface area contributed by atoms with Gasteiger partial charge in [0, 0.05) is 29.1 Å². The average Bonchev–Trinajstić information content (AvgIpc) is 3.06. The number of halogens is 3. The van der Waals surface area contributed by atoms with Gasteiger partial charge in [0.25, 0.3) is 0 Å². The smallest absolute Gasteiger partial charge is 0.247 e. The molecule has 1 aliphatic rings. The van der Waals surface area contributed by atoms with Crippen LogP contribution in [0.2, 0.25) is 5.02 Å². The molecule has 3 aromatic rings. The van der Waals surface area contributed by atoms with Gasteiger partial charge < -0.3 is 15.4 Å². The van der Waals surface area contributed by atoms with Crippen molar-refractivity contribution in [3.8, 4) is 5.75 Å². The van der Waals surface area contributed by atoms with E-state index in [-0.39, 0.29) is 23.6 Å². The van der Waals surface area contributed by atoms with Crippen LogP contribution < -0.4 is 15.4 Å². The van der Waals surface area contributed by atoms with E-state index in [1.807, 2.05) is 6.92 Å². The Labute approximate surface area is 200 Å². The summed E-state index contributed by atoms with van der Waals surface area (Å²) in [6, 6.07) is 7.65. The zero-order valence-electron chi connectivity index (χ0n) is 18.7. The number of amides is 1. The first kappa shape index (κ1) is 23.8. The highest BCUT2D eigenvalue weighted by Crippen LogP contribution is 2.36. The molecule has 1 amide bonds. The molecule has 0 spiro atoms. The molecule has 2 N–H and O–H groups in total. The zero-order valence-corrected chi connectivity index (χ0v) is 19.4. The summed E-state index contributed by atoms with van der Waals surface area (Å²) in [6.45, 7) is 5.60. The number of nitrogens with zero attached hydrogens (tertiary/aromatic N) is 3. The lowest BCUT2D eigenvalue weighted by Gasteiger charge is -2.20. The molecule has 0 bridgehead atoms. The molecular weight excluding hydrogens is 464 g/mol. The molecule has 1 aliphatic heterocycles. The van der Waals surface area contributed by atoms with Crippen molar-refractivity contribution >= 4 is 45.6 Å². The van der Waals surface area contributed by atoms with Crippen LogP contribution in [0.1, 0.15) is 13.3 Å². The molecule has 0 aliphatic carbocycles. The highest BCUT2D eigenvalue weighted by atomic mass is 35.5. The van der Waals surface area contributed by atoms with Gasteiger partial charge in [0.2, 0.25) is 5.91 Å². The summed E-state index contributed by atoms with van der Waals surface area (Å²) in [5.41, 5.74) is 1.42. The van der Waals surface area contributed by atoms with Gasteiger partial charge in [-0.15, -0.1) is 0 Å². The normalized spacial score (nSPS) is 20.3. The van der Waals surface area contributed by atoms with Gasteiger partial charge in [-0.2, -0.15) is 0 Å². The first-order chi connectivity index (χ1) is 16.3. The quantitative estimate of drug-likeness (QED) is 0.347. The fraction of sp³-hybridized carbons (Fsp3) is 0.292. The number of likely N-dealkylation sites (tertiary alicyclic amines) is 1. The second-order valence-corrected chi connectivity index (χ2v) is 8.64. The summed E-state index contributed by atoms with van der Waals surface area (Å²) in [6.07, 6.45) is 2.06. The molecule has 3 atom stereocenters. The van der Waals surface area contributed by atoms with Crippen molar-refractivity contribution in [2.24, 2.45) is 5.92 Å². The van der Waals surface area contributed by atoms with Crippen LogP contribution in [0, 0.1) is 11.7 Å². The van der Waals surface area contributed by atoms with Crippen molar-refractivity contribution in [2.45, 2.75) is 25.7 Å². The Hall–Kier alpha value is -3.30. The number of hydrogen-bond donors (Lipinski definition) is 2. The van der Waals surface area contributed by atoms with E-state index in [1.54, 1.807) is 24.1 Å². The van der Waals surface area contributed by atoms with Crippen LogP contribution in [0.15, 0.2) is 49.3 Å². The second kappa shape index (κ2) is 9.90. The van der Waals surface area contributed by atoms with E-state index in [1.165, 1.54) is 24.5 Å². The Morgan fingerprint density at radius 2 is 2.15 bits per heavy atom. The maximum Gasteiger partial charge on any atom is 0.247 e. The second-order valence-electron chi connectivity index (χ2n) is 8.23. The predicted molar refractivity (Wildman–Crippen MR) is 129 cm³/mol. The number of benzene rings is 2. The van der Waals surface area contributed by atoms with E-state index in [4.69, 9.17) is 16.3 Å². The standard InChI is InChI=1S/C24H24ClF2N5O2/c1-4-22(33)31-20-9-16-19(10-21(20)34-11-14-7-13(2)32(3)23(14)27)28-12-29-24(16)30-15-5-6-18(26)17(25)8-15/h4-6,8-10,12-14,23H,1,7,11H2,2-3H3,(H,31,33)(H,28,29,30). The van der Waals surface area contributed by atoms with Gasteiger partial charge in [0.15, 0.2) is 6.30 Å². The molecule has 1 fully saturated rings. The third kappa shape index (κ3) is 4.95. The van der Waals surface area contributed by atoms with Crippen LogP contribution in [0.25, 0.3) is 10.9 Å². The minimum atomic E-state index is -1.11. The van der Waals surface area contributed by atoms with E-state index < -0.39 is 18.0 Å². The molecule has 10 heteroatoms. The molecule has 0 saturated carbocycles. The van der Waals surface area contributed by atoms with Crippen molar-refractivity contribution in [1.82, 2.24) is 14.9 Å². The summed E-state index contributed by atoms with van der Waals surface area (Å²) in [5, 5.41) is 6.36. The molecule has 1 saturated heterocycles. The monoisotopic (exact) mass is 487 g/mol. The fourth-order valence-electron chi connectivity index (χ4n) is 3.93. The number of alkyl halides is 1. The molecule has 7 nitrogen and oxygen atoms in total. The van der Waals surface area contributed by atoms with E-state index >= 15 is 0 Å². The van der Waals surface area contributed by atoms with Crippen molar-refractivity contribution in [1.29, 1.82) is 0 Å². The van der Waals surface area contributed by atoms with Crippen molar-refractivity contribution in [3.05, 3.63) is 60.2 Å². The third-order valence-electron chi connectivity index (χ3n) is 5.93. The van der Waals surface area contributed by atoms with E-state index in [9.17, 15) is 13.6 Å². The van der Waals surface area contributed by atoms with E-state index in [0.717, 1.165) is 6.08 Å². The molecule has 34 heavy (non-hydrogen) atoms. The third-order valence-corrected chi connectivity index (χ3v) is 6.22. The maximum absolute atomic E-state index is 14.6. The number of fused-ring (bicyclic) bond motifs is 1. The Kier molecular flexibility index (Phi) is 6.95. The topological polar surface area (TPSA) is 79.4 Å². The average molecular weight is 488 g/mol. The minimum Gasteiger partial charge on any atom is -0.491 e. The minimum absolute atomic E-state index is 0.0315. The van der Waals surface area contributed by atoms with Gasteiger partial charge in [-0.05, 0) is 50.7 Å². The number of hydrogen-bond acceptors (Lipinski definition) is 6. The van der Waals surface area contributed by atoms with Gasteiger partial charge in [-0.1, -0.05) is 18.2 Å². The number of aromatic nitrogens is 2. The largest absolute Gasteiger partial charge is 0.491 e. The summed E-state index contributed by atoms with van der Waals surface area (Å²) in [4.78, 5) is 22.3. The number of carbonyl (C=O) groups is 1. The molecule has 1 aromatic heterocycles. The summed E-state index contributed by atoms with van der Waals surface area (Å²) in [5.74, 6) is -0.493. The number of carbonyl (C=O) groups excluding carboxylic acids is 1. The summed E-state index contributed by atoms with van der Waals surface area (Å²) in [7, 11) is 1.75. The first-order valence-electron chi connectivity index (χ1n) is 10.7.